The van der Waals surface area contributed by atoms with Gasteiger partial charge in [0.15, 0.2) is 0 Å². The zero-order valence-electron chi connectivity index (χ0n) is 6.07. The summed E-state index contributed by atoms with van der Waals surface area (Å²) in [5.41, 5.74) is 1.75. The van der Waals surface area contributed by atoms with Gasteiger partial charge in [0.2, 0.25) is 0 Å². The first-order valence-electron chi connectivity index (χ1n) is 3.74. The van der Waals surface area contributed by atoms with Crippen LogP contribution in [-0.2, 0) is 0 Å². The second-order valence-corrected chi connectivity index (χ2v) is 2.90. The van der Waals surface area contributed by atoms with Gasteiger partial charge in [0.25, 0.3) is 0 Å². The van der Waals surface area contributed by atoms with Crippen LogP contribution >= 0.6 is 0 Å². The van der Waals surface area contributed by atoms with Crippen LogP contribution in [0, 0.1) is 0 Å². The van der Waals surface area contributed by atoms with Gasteiger partial charge in [0, 0.05) is 6.42 Å². The highest BCUT2D eigenvalue weighted by atomic mass is 16.3. The molecule has 0 spiro atoms. The van der Waals surface area contributed by atoms with Gasteiger partial charge in [-0.2, -0.15) is 0 Å². The van der Waals surface area contributed by atoms with Gasteiger partial charge in [-0.3, -0.25) is 0 Å². The maximum absolute atomic E-state index is 9.39. The molecule has 58 valence electrons. The monoisotopic (exact) mass is 150 g/mol. The molecule has 2 N–H and O–H groups in total. The lowest BCUT2D eigenvalue weighted by atomic mass is 10.1. The fourth-order valence-electron chi connectivity index (χ4n) is 1.58. The SMILES string of the molecule is O[C@@H]1C[C@H](O)c2ccccc21. The fourth-order valence-corrected chi connectivity index (χ4v) is 1.58. The molecule has 0 saturated carbocycles. The van der Waals surface area contributed by atoms with E-state index in [1.165, 1.54) is 0 Å². The van der Waals surface area contributed by atoms with Crippen molar-refractivity contribution in [3.8, 4) is 0 Å². The van der Waals surface area contributed by atoms with Crippen molar-refractivity contribution in [2.75, 3.05) is 0 Å². The van der Waals surface area contributed by atoms with Crippen LogP contribution in [0.3, 0.4) is 0 Å². The van der Waals surface area contributed by atoms with E-state index in [2.05, 4.69) is 0 Å². The minimum Gasteiger partial charge on any atom is -0.388 e. The zero-order chi connectivity index (χ0) is 7.84. The van der Waals surface area contributed by atoms with Gasteiger partial charge in [-0.25, -0.2) is 0 Å². The van der Waals surface area contributed by atoms with Crippen molar-refractivity contribution in [3.63, 3.8) is 0 Å². The Bertz CT molecular complexity index is 243. The normalized spacial score (nSPS) is 28.5. The summed E-state index contributed by atoms with van der Waals surface area (Å²) in [6.45, 7) is 0. The van der Waals surface area contributed by atoms with E-state index in [0.717, 1.165) is 11.1 Å². The van der Waals surface area contributed by atoms with Gasteiger partial charge < -0.3 is 10.2 Å². The minimum atomic E-state index is -0.471. The van der Waals surface area contributed by atoms with Crippen LogP contribution in [0.5, 0.6) is 0 Å². The van der Waals surface area contributed by atoms with Crippen molar-refractivity contribution >= 4 is 0 Å². The Morgan fingerprint density at radius 3 is 1.91 bits per heavy atom. The molecule has 0 saturated heterocycles. The Hall–Kier alpha value is -0.860. The van der Waals surface area contributed by atoms with E-state index in [0.29, 0.717) is 6.42 Å². The second-order valence-electron chi connectivity index (χ2n) is 2.90. The topological polar surface area (TPSA) is 40.5 Å². The highest BCUT2D eigenvalue weighted by Crippen LogP contribution is 2.37. The summed E-state index contributed by atoms with van der Waals surface area (Å²) < 4.78 is 0. The van der Waals surface area contributed by atoms with Gasteiger partial charge in [-0.05, 0) is 11.1 Å². The first-order valence-corrected chi connectivity index (χ1v) is 3.74. The summed E-state index contributed by atoms with van der Waals surface area (Å²) in [5, 5.41) is 18.8. The van der Waals surface area contributed by atoms with Crippen molar-refractivity contribution in [2.45, 2.75) is 18.6 Å². The number of aliphatic hydroxyl groups excluding tert-OH is 2. The molecule has 0 unspecified atom stereocenters. The molecule has 2 atom stereocenters. The molecule has 0 amide bonds. The zero-order valence-corrected chi connectivity index (χ0v) is 6.07. The number of rotatable bonds is 0. The van der Waals surface area contributed by atoms with E-state index in [-0.39, 0.29) is 0 Å². The van der Waals surface area contributed by atoms with Crippen LogP contribution in [0.25, 0.3) is 0 Å². The first-order chi connectivity index (χ1) is 5.29. The smallest absolute Gasteiger partial charge is 0.0821 e. The second kappa shape index (κ2) is 2.32. The molecule has 2 nitrogen and oxygen atoms in total. The summed E-state index contributed by atoms with van der Waals surface area (Å²) in [7, 11) is 0. The van der Waals surface area contributed by atoms with Gasteiger partial charge in [-0.1, -0.05) is 24.3 Å². The number of hydrogen-bond acceptors (Lipinski definition) is 2. The number of hydrogen-bond donors (Lipinski definition) is 2. The lowest BCUT2D eigenvalue weighted by Gasteiger charge is -2.00. The van der Waals surface area contributed by atoms with Gasteiger partial charge in [-0.15, -0.1) is 0 Å². The van der Waals surface area contributed by atoms with Gasteiger partial charge in [0.1, 0.15) is 0 Å². The molecular formula is C9H10O2. The van der Waals surface area contributed by atoms with E-state index in [4.69, 9.17) is 0 Å². The quantitative estimate of drug-likeness (QED) is 0.582. The predicted octanol–water partition coefficient (Wildman–Crippen LogP) is 1.16. The molecule has 0 bridgehead atoms. The van der Waals surface area contributed by atoms with Crippen LogP contribution in [0.2, 0.25) is 0 Å². The summed E-state index contributed by atoms with van der Waals surface area (Å²) in [6, 6.07) is 7.46. The average molecular weight is 150 g/mol. The average Bonchev–Trinajstić information content (AvgIpc) is 2.30. The molecular weight excluding hydrogens is 140 g/mol. The molecule has 1 aliphatic rings. The predicted molar refractivity (Wildman–Crippen MR) is 41.0 cm³/mol. The van der Waals surface area contributed by atoms with Crippen molar-refractivity contribution in [3.05, 3.63) is 35.4 Å². The third kappa shape index (κ3) is 0.951. The lowest BCUT2D eigenvalue weighted by Crippen LogP contribution is -1.89. The van der Waals surface area contributed by atoms with Crippen LogP contribution in [-0.4, -0.2) is 10.2 Å². The lowest BCUT2D eigenvalue weighted by molar-refractivity contribution is 0.107. The molecule has 0 radical (unpaired) electrons. The summed E-state index contributed by atoms with van der Waals surface area (Å²) >= 11 is 0. The Labute approximate surface area is 65.1 Å². The van der Waals surface area contributed by atoms with Crippen molar-refractivity contribution in [1.29, 1.82) is 0 Å². The first kappa shape index (κ1) is 6.83. The highest BCUT2D eigenvalue weighted by molar-refractivity contribution is 5.35. The van der Waals surface area contributed by atoms with Crippen LogP contribution in [0.15, 0.2) is 24.3 Å². The largest absolute Gasteiger partial charge is 0.388 e. The molecule has 1 aromatic rings. The molecule has 0 aromatic heterocycles. The summed E-state index contributed by atoms with van der Waals surface area (Å²) in [4.78, 5) is 0. The standard InChI is InChI=1S/C9H10O2/c10-8-5-9(11)7-4-2-1-3-6(7)8/h1-4,8-11H,5H2/t8-,9+. The van der Waals surface area contributed by atoms with E-state index in [9.17, 15) is 10.2 Å². The van der Waals surface area contributed by atoms with Crippen molar-refractivity contribution < 1.29 is 10.2 Å². The number of aliphatic hydroxyl groups is 2. The molecule has 0 fully saturated rings. The van der Waals surface area contributed by atoms with Crippen LogP contribution in [0.1, 0.15) is 29.8 Å². The highest BCUT2D eigenvalue weighted by Gasteiger charge is 2.26. The van der Waals surface area contributed by atoms with E-state index >= 15 is 0 Å². The maximum atomic E-state index is 9.39. The molecule has 2 rings (SSSR count). The Balaban J connectivity index is 2.52. The Morgan fingerprint density at radius 2 is 1.45 bits per heavy atom. The van der Waals surface area contributed by atoms with E-state index in [1.54, 1.807) is 0 Å². The Morgan fingerprint density at radius 1 is 1.00 bits per heavy atom. The van der Waals surface area contributed by atoms with Crippen molar-refractivity contribution in [1.82, 2.24) is 0 Å². The summed E-state index contributed by atoms with van der Waals surface area (Å²) in [5.74, 6) is 0. The molecule has 1 aromatic carbocycles. The van der Waals surface area contributed by atoms with Gasteiger partial charge >= 0.3 is 0 Å². The van der Waals surface area contributed by atoms with E-state index < -0.39 is 12.2 Å². The maximum Gasteiger partial charge on any atom is 0.0821 e. The third-order valence-corrected chi connectivity index (χ3v) is 2.16. The molecule has 0 heterocycles. The van der Waals surface area contributed by atoms with Crippen molar-refractivity contribution in [2.24, 2.45) is 0 Å². The van der Waals surface area contributed by atoms with Crippen LogP contribution in [0.4, 0.5) is 0 Å². The number of fused-ring (bicyclic) bond motifs is 1. The number of benzene rings is 1. The van der Waals surface area contributed by atoms with Gasteiger partial charge in [0.05, 0.1) is 12.2 Å². The molecule has 0 aliphatic heterocycles. The summed E-state index contributed by atoms with van der Waals surface area (Å²) in [6.07, 6.45) is -0.498. The molecule has 2 heteroatoms. The minimum absolute atomic E-state index is 0.444. The van der Waals surface area contributed by atoms with Crippen LogP contribution < -0.4 is 0 Å². The van der Waals surface area contributed by atoms with E-state index in [1.807, 2.05) is 24.3 Å². The molecule has 11 heavy (non-hydrogen) atoms. The third-order valence-electron chi connectivity index (χ3n) is 2.16. The fraction of sp³-hybridized carbons (Fsp3) is 0.333. The Kier molecular flexibility index (Phi) is 1.44. The molecule has 1 aliphatic carbocycles.